The largest absolute Gasteiger partial charge is 0.313 e. The summed E-state index contributed by atoms with van der Waals surface area (Å²) in [6.07, 6.45) is 0.912. The molecule has 19 heavy (non-hydrogen) atoms. The Morgan fingerprint density at radius 2 is 1.63 bits per heavy atom. The van der Waals surface area contributed by atoms with E-state index in [2.05, 4.69) is 30.4 Å². The normalized spacial score (nSPS) is 12.4. The van der Waals surface area contributed by atoms with Crippen molar-refractivity contribution in [3.8, 4) is 0 Å². The Morgan fingerprint density at radius 1 is 1.00 bits per heavy atom. The van der Waals surface area contributed by atoms with Gasteiger partial charge in [0.05, 0.1) is 0 Å². The van der Waals surface area contributed by atoms with Gasteiger partial charge in [0.2, 0.25) is 0 Å². The van der Waals surface area contributed by atoms with E-state index in [-0.39, 0.29) is 6.04 Å². The summed E-state index contributed by atoms with van der Waals surface area (Å²) in [7, 11) is 1.97. The molecule has 0 spiro atoms. The third-order valence-corrected chi connectivity index (χ3v) is 3.81. The highest BCUT2D eigenvalue weighted by atomic mass is 35.5. The maximum absolute atomic E-state index is 6.10. The number of halogens is 2. The van der Waals surface area contributed by atoms with Crippen molar-refractivity contribution in [3.63, 3.8) is 0 Å². The van der Waals surface area contributed by atoms with Crippen molar-refractivity contribution in [2.75, 3.05) is 7.05 Å². The molecular formula is C16H17Cl2N. The van der Waals surface area contributed by atoms with E-state index < -0.39 is 0 Å². The predicted molar refractivity (Wildman–Crippen MR) is 83.1 cm³/mol. The molecular weight excluding hydrogens is 277 g/mol. The number of aryl methyl sites for hydroxylation is 1. The van der Waals surface area contributed by atoms with Gasteiger partial charge in [-0.05, 0) is 61.3 Å². The first-order chi connectivity index (χ1) is 9.10. The molecule has 2 aromatic rings. The molecule has 0 saturated carbocycles. The Labute approximate surface area is 124 Å². The predicted octanol–water partition coefficient (Wildman–Crippen LogP) is 4.81. The van der Waals surface area contributed by atoms with E-state index in [0.717, 1.165) is 16.5 Å². The van der Waals surface area contributed by atoms with Crippen molar-refractivity contribution in [3.05, 3.63) is 69.2 Å². The average Bonchev–Trinajstić information content (AvgIpc) is 2.41. The second-order valence-electron chi connectivity index (χ2n) is 4.67. The Balaban J connectivity index is 2.24. The summed E-state index contributed by atoms with van der Waals surface area (Å²) in [4.78, 5) is 0. The third kappa shape index (κ3) is 3.73. The van der Waals surface area contributed by atoms with Gasteiger partial charge in [0, 0.05) is 16.1 Å². The molecule has 1 atom stereocenters. The molecule has 0 bridgehead atoms. The molecule has 2 rings (SSSR count). The van der Waals surface area contributed by atoms with E-state index in [1.54, 1.807) is 0 Å². The maximum Gasteiger partial charge on any atom is 0.0409 e. The van der Waals surface area contributed by atoms with Gasteiger partial charge >= 0.3 is 0 Å². The van der Waals surface area contributed by atoms with E-state index in [0.29, 0.717) is 0 Å². The fourth-order valence-electron chi connectivity index (χ4n) is 2.21. The van der Waals surface area contributed by atoms with Crippen LogP contribution in [0.5, 0.6) is 0 Å². The van der Waals surface area contributed by atoms with Crippen molar-refractivity contribution in [1.29, 1.82) is 0 Å². The van der Waals surface area contributed by atoms with Gasteiger partial charge in [-0.25, -0.2) is 0 Å². The molecule has 100 valence electrons. The molecule has 1 N–H and O–H groups in total. The van der Waals surface area contributed by atoms with Gasteiger partial charge in [0.1, 0.15) is 0 Å². The Morgan fingerprint density at radius 3 is 2.26 bits per heavy atom. The number of benzene rings is 2. The van der Waals surface area contributed by atoms with Crippen LogP contribution in [0, 0.1) is 6.92 Å². The van der Waals surface area contributed by atoms with Gasteiger partial charge in [-0.15, -0.1) is 0 Å². The van der Waals surface area contributed by atoms with Gasteiger partial charge in [-0.3, -0.25) is 0 Å². The summed E-state index contributed by atoms with van der Waals surface area (Å²) < 4.78 is 0. The van der Waals surface area contributed by atoms with Gasteiger partial charge in [0.25, 0.3) is 0 Å². The van der Waals surface area contributed by atoms with Crippen LogP contribution in [-0.4, -0.2) is 7.05 Å². The van der Waals surface area contributed by atoms with E-state index in [4.69, 9.17) is 23.2 Å². The summed E-state index contributed by atoms with van der Waals surface area (Å²) in [5.41, 5.74) is 3.74. The van der Waals surface area contributed by atoms with Crippen molar-refractivity contribution in [1.82, 2.24) is 5.32 Å². The minimum Gasteiger partial charge on any atom is -0.313 e. The minimum absolute atomic E-state index is 0.250. The van der Waals surface area contributed by atoms with Crippen molar-refractivity contribution < 1.29 is 0 Å². The van der Waals surface area contributed by atoms with Gasteiger partial charge in [-0.2, -0.15) is 0 Å². The lowest BCUT2D eigenvalue weighted by molar-refractivity contribution is 0.589. The lowest BCUT2D eigenvalue weighted by Gasteiger charge is -2.19. The summed E-state index contributed by atoms with van der Waals surface area (Å²) in [5, 5.41) is 4.90. The summed E-state index contributed by atoms with van der Waals surface area (Å²) in [5.74, 6) is 0. The fourth-order valence-corrected chi connectivity index (χ4v) is 2.52. The van der Waals surface area contributed by atoms with Crippen molar-refractivity contribution in [2.24, 2.45) is 0 Å². The number of nitrogens with one attached hydrogen (secondary N) is 1. The number of rotatable bonds is 4. The zero-order chi connectivity index (χ0) is 13.8. The SMILES string of the molecule is CNC(Cc1ccc(Cl)cc1)c1cc(Cl)ccc1C. The van der Waals surface area contributed by atoms with Crippen LogP contribution in [-0.2, 0) is 6.42 Å². The van der Waals surface area contributed by atoms with Crippen LogP contribution in [0.15, 0.2) is 42.5 Å². The highest BCUT2D eigenvalue weighted by Crippen LogP contribution is 2.25. The molecule has 2 aromatic carbocycles. The van der Waals surface area contributed by atoms with Crippen molar-refractivity contribution >= 4 is 23.2 Å². The topological polar surface area (TPSA) is 12.0 Å². The highest BCUT2D eigenvalue weighted by Gasteiger charge is 2.13. The number of hydrogen-bond donors (Lipinski definition) is 1. The average molecular weight is 294 g/mol. The smallest absolute Gasteiger partial charge is 0.0409 e. The third-order valence-electron chi connectivity index (χ3n) is 3.32. The lowest BCUT2D eigenvalue weighted by Crippen LogP contribution is -2.19. The molecule has 0 radical (unpaired) electrons. The fraction of sp³-hybridized carbons (Fsp3) is 0.250. The molecule has 0 aliphatic heterocycles. The van der Waals surface area contributed by atoms with Crippen molar-refractivity contribution in [2.45, 2.75) is 19.4 Å². The molecule has 0 aromatic heterocycles. The van der Waals surface area contributed by atoms with E-state index in [1.165, 1.54) is 16.7 Å². The standard InChI is InChI=1S/C16H17Cl2N/c1-11-3-6-14(18)10-15(11)16(19-2)9-12-4-7-13(17)8-5-12/h3-8,10,16,19H,9H2,1-2H3. The molecule has 1 nitrogen and oxygen atoms in total. The van der Waals surface area contributed by atoms with Crippen LogP contribution in [0.2, 0.25) is 10.0 Å². The number of likely N-dealkylation sites (N-methyl/N-ethyl adjacent to an activating group) is 1. The highest BCUT2D eigenvalue weighted by molar-refractivity contribution is 6.30. The first kappa shape index (κ1) is 14.4. The van der Waals surface area contributed by atoms with Crippen LogP contribution < -0.4 is 5.32 Å². The monoisotopic (exact) mass is 293 g/mol. The zero-order valence-electron chi connectivity index (χ0n) is 11.1. The summed E-state index contributed by atoms with van der Waals surface area (Å²) in [6, 6.07) is 14.2. The van der Waals surface area contributed by atoms with Crippen LogP contribution in [0.1, 0.15) is 22.7 Å². The molecule has 3 heteroatoms. The van der Waals surface area contributed by atoms with Crippen LogP contribution in [0.3, 0.4) is 0 Å². The van der Waals surface area contributed by atoms with Crippen LogP contribution >= 0.6 is 23.2 Å². The lowest BCUT2D eigenvalue weighted by atomic mass is 9.95. The van der Waals surface area contributed by atoms with E-state index in [9.17, 15) is 0 Å². The van der Waals surface area contributed by atoms with E-state index in [1.807, 2.05) is 31.3 Å². The van der Waals surface area contributed by atoms with Crippen LogP contribution in [0.25, 0.3) is 0 Å². The molecule has 0 saturated heterocycles. The molecule has 1 unspecified atom stereocenters. The van der Waals surface area contributed by atoms with E-state index >= 15 is 0 Å². The quantitative estimate of drug-likeness (QED) is 0.853. The Kier molecular flexibility index (Phi) is 4.87. The van der Waals surface area contributed by atoms with Gasteiger partial charge in [-0.1, -0.05) is 41.4 Å². The second kappa shape index (κ2) is 6.42. The number of hydrogen-bond acceptors (Lipinski definition) is 1. The molecule has 0 heterocycles. The Bertz CT molecular complexity index is 549. The minimum atomic E-state index is 0.250. The summed E-state index contributed by atoms with van der Waals surface area (Å²) in [6.45, 7) is 2.11. The molecule has 0 amide bonds. The first-order valence-corrected chi connectivity index (χ1v) is 7.03. The van der Waals surface area contributed by atoms with Gasteiger partial charge in [0.15, 0.2) is 0 Å². The van der Waals surface area contributed by atoms with Gasteiger partial charge < -0.3 is 5.32 Å². The Hall–Kier alpha value is -1.02. The summed E-state index contributed by atoms with van der Waals surface area (Å²) >= 11 is 12.0. The maximum atomic E-state index is 6.10. The molecule has 0 aliphatic carbocycles. The zero-order valence-corrected chi connectivity index (χ0v) is 12.6. The second-order valence-corrected chi connectivity index (χ2v) is 5.55. The first-order valence-electron chi connectivity index (χ1n) is 6.28. The molecule has 0 aliphatic rings. The van der Waals surface area contributed by atoms with Crippen LogP contribution in [0.4, 0.5) is 0 Å². The molecule has 0 fully saturated rings.